The van der Waals surface area contributed by atoms with E-state index in [2.05, 4.69) is 21.3 Å². The summed E-state index contributed by atoms with van der Waals surface area (Å²) in [5.41, 5.74) is -1.41. The van der Waals surface area contributed by atoms with Crippen molar-refractivity contribution in [2.75, 3.05) is 26.1 Å². The summed E-state index contributed by atoms with van der Waals surface area (Å²) in [6, 6.07) is 7.46. The van der Waals surface area contributed by atoms with Gasteiger partial charge in [-0.2, -0.15) is 21.6 Å². The van der Waals surface area contributed by atoms with Crippen molar-refractivity contribution < 1.29 is 35.9 Å². The largest absolute Gasteiger partial charge is 0.493 e. The average Bonchev–Trinajstić information content (AvgIpc) is 2.79. The second-order valence-electron chi connectivity index (χ2n) is 6.73. The first-order valence-electron chi connectivity index (χ1n) is 9.53. The van der Waals surface area contributed by atoms with Crippen molar-refractivity contribution in [3.63, 3.8) is 0 Å². The summed E-state index contributed by atoms with van der Waals surface area (Å²) < 4.78 is 79.3. The third kappa shape index (κ3) is 5.20. The van der Waals surface area contributed by atoms with Crippen molar-refractivity contribution in [1.29, 1.82) is 0 Å². The molecule has 0 unspecified atom stereocenters. The Morgan fingerprint density at radius 3 is 2.50 bits per heavy atom. The number of amides is 1. The second kappa shape index (κ2) is 9.55. The molecule has 0 atom stereocenters. The van der Waals surface area contributed by atoms with Crippen LogP contribution in [0.3, 0.4) is 0 Å². The molecule has 34 heavy (non-hydrogen) atoms. The first-order valence-corrected chi connectivity index (χ1v) is 10.9. The number of benzene rings is 1. The minimum absolute atomic E-state index is 0.0941. The summed E-state index contributed by atoms with van der Waals surface area (Å²) in [6.07, 6.45) is -2.30. The maximum absolute atomic E-state index is 13.0. The van der Waals surface area contributed by atoms with E-state index in [0.717, 1.165) is 18.2 Å². The molecule has 13 heteroatoms. The minimum Gasteiger partial charge on any atom is -0.493 e. The van der Waals surface area contributed by atoms with Gasteiger partial charge in [0.15, 0.2) is 11.5 Å². The molecule has 0 radical (unpaired) electrons. The summed E-state index contributed by atoms with van der Waals surface area (Å²) in [5.74, 6) is -0.741. The number of rotatable bonds is 7. The molecule has 3 rings (SSSR count). The van der Waals surface area contributed by atoms with Gasteiger partial charge in [-0.05, 0) is 36.4 Å². The Morgan fingerprint density at radius 1 is 1.18 bits per heavy atom. The fourth-order valence-corrected chi connectivity index (χ4v) is 4.17. The van der Waals surface area contributed by atoms with Crippen LogP contribution in [0.2, 0.25) is 0 Å². The van der Waals surface area contributed by atoms with Gasteiger partial charge in [0.05, 0.1) is 26.5 Å². The highest BCUT2D eigenvalue weighted by Crippen LogP contribution is 2.31. The van der Waals surface area contributed by atoms with E-state index in [4.69, 9.17) is 9.47 Å². The third-order valence-corrected chi connectivity index (χ3v) is 5.85. The van der Waals surface area contributed by atoms with Crippen LogP contribution in [0.25, 0.3) is 0 Å². The molecule has 1 N–H and O–H groups in total. The number of carbonyl (C=O) groups excluding carboxylic acids is 1. The van der Waals surface area contributed by atoms with Crippen LogP contribution in [0.5, 0.6) is 11.5 Å². The van der Waals surface area contributed by atoms with Gasteiger partial charge in [-0.1, -0.05) is 12.1 Å². The Labute approximate surface area is 193 Å². The van der Waals surface area contributed by atoms with E-state index in [-0.39, 0.29) is 18.0 Å². The highest BCUT2D eigenvalue weighted by Gasteiger charge is 2.34. The average molecular weight is 496 g/mol. The van der Waals surface area contributed by atoms with Crippen LogP contribution < -0.4 is 14.8 Å². The Bertz CT molecular complexity index is 1290. The zero-order chi connectivity index (χ0) is 25.1. The molecule has 1 aliphatic heterocycles. The van der Waals surface area contributed by atoms with Gasteiger partial charge < -0.3 is 14.8 Å². The van der Waals surface area contributed by atoms with Crippen molar-refractivity contribution in [2.45, 2.75) is 6.18 Å². The molecule has 180 valence electrons. The normalized spacial score (nSPS) is 15.1. The predicted molar refractivity (Wildman–Crippen MR) is 118 cm³/mol. The van der Waals surface area contributed by atoms with Crippen molar-refractivity contribution >= 4 is 27.6 Å². The zero-order valence-corrected chi connectivity index (χ0v) is 18.8. The van der Waals surface area contributed by atoms with Gasteiger partial charge in [-0.15, -0.1) is 11.0 Å². The third-order valence-electron chi connectivity index (χ3n) is 4.52. The zero-order valence-electron chi connectivity index (χ0n) is 18.0. The van der Waals surface area contributed by atoms with Gasteiger partial charge in [0.2, 0.25) is 0 Å². The van der Waals surface area contributed by atoms with Crippen molar-refractivity contribution in [3.05, 3.63) is 72.1 Å². The maximum atomic E-state index is 13.0. The van der Waals surface area contributed by atoms with E-state index < -0.39 is 33.8 Å². The highest BCUT2D eigenvalue weighted by molar-refractivity contribution is 7.88. The minimum atomic E-state index is -4.73. The second-order valence-corrected chi connectivity index (χ2v) is 8.25. The van der Waals surface area contributed by atoms with E-state index in [1.54, 1.807) is 0 Å². The number of carbonyl (C=O) groups is 1. The number of alkyl halides is 3. The molecule has 1 aromatic heterocycles. The number of anilines is 1. The summed E-state index contributed by atoms with van der Waals surface area (Å²) in [7, 11) is -1.57. The monoisotopic (exact) mass is 496 g/mol. The number of aromatic nitrogens is 1. The lowest BCUT2D eigenvalue weighted by Crippen LogP contribution is -2.38. The lowest BCUT2D eigenvalue weighted by atomic mass is 10.1. The Kier molecular flexibility index (Phi) is 6.96. The highest BCUT2D eigenvalue weighted by atomic mass is 32.2. The Hall–Kier alpha value is -3.87. The molecule has 1 aliphatic rings. The summed E-state index contributed by atoms with van der Waals surface area (Å²) >= 11 is 0. The molecule has 2 aromatic rings. The van der Waals surface area contributed by atoms with Crippen LogP contribution in [0, 0.1) is 0 Å². The summed E-state index contributed by atoms with van der Waals surface area (Å²) in [6.45, 7) is 3.17. The molecule has 0 saturated heterocycles. The van der Waals surface area contributed by atoms with Gasteiger partial charge in [0, 0.05) is 5.56 Å². The lowest BCUT2D eigenvalue weighted by Gasteiger charge is -2.26. The van der Waals surface area contributed by atoms with E-state index in [0.29, 0.717) is 21.4 Å². The molecule has 0 spiro atoms. The van der Waals surface area contributed by atoms with Gasteiger partial charge >= 0.3 is 16.4 Å². The first-order chi connectivity index (χ1) is 16.0. The van der Waals surface area contributed by atoms with Crippen LogP contribution in [-0.4, -0.2) is 50.1 Å². The molecule has 0 fully saturated rings. The number of hydrogen-bond acceptors (Lipinski definition) is 6. The van der Waals surface area contributed by atoms with Gasteiger partial charge in [-0.3, -0.25) is 4.79 Å². The molecule has 9 nitrogen and oxygen atoms in total. The SMILES string of the molecule is C=CCN1C(C(=O)Nc2cccc(C(F)(F)F)n2)=CC(c2ccc(OC)c(OC)c2)=NS1(=O)=O. The number of nitrogens with one attached hydrogen (secondary N) is 1. The number of methoxy groups -OCH3 is 2. The lowest BCUT2D eigenvalue weighted by molar-refractivity contribution is -0.141. The smallest absolute Gasteiger partial charge is 0.433 e. The predicted octanol–water partition coefficient (Wildman–Crippen LogP) is 3.18. The molecule has 1 amide bonds. The quantitative estimate of drug-likeness (QED) is 0.590. The van der Waals surface area contributed by atoms with E-state index in [1.807, 2.05) is 0 Å². The number of halogens is 3. The van der Waals surface area contributed by atoms with Crippen LogP contribution in [-0.2, 0) is 21.2 Å². The van der Waals surface area contributed by atoms with Gasteiger partial charge in [0.25, 0.3) is 5.91 Å². The standard InChI is InChI=1S/C21H19F3N4O5S/c1-4-10-28-15(20(29)26-19-7-5-6-18(25-19)21(22,23)24)12-14(27-34(28,30)31)13-8-9-16(32-2)17(11-13)33-3/h4-9,11-12H,1,10H2,2-3H3,(H,25,26,29). The molecule has 0 aliphatic carbocycles. The number of nitrogens with zero attached hydrogens (tertiary/aromatic N) is 3. The summed E-state index contributed by atoms with van der Waals surface area (Å²) in [5, 5.41) is 2.20. The van der Waals surface area contributed by atoms with Crippen molar-refractivity contribution in [3.8, 4) is 11.5 Å². The molecular weight excluding hydrogens is 477 g/mol. The fraction of sp³-hybridized carbons (Fsp3) is 0.190. The van der Waals surface area contributed by atoms with Crippen LogP contribution in [0.1, 0.15) is 11.3 Å². The molecule has 1 aromatic carbocycles. The molecule has 0 saturated carbocycles. The van der Waals surface area contributed by atoms with Crippen LogP contribution >= 0.6 is 0 Å². The maximum Gasteiger partial charge on any atom is 0.433 e. The van der Waals surface area contributed by atoms with E-state index in [9.17, 15) is 26.4 Å². The van der Waals surface area contributed by atoms with Crippen molar-refractivity contribution in [1.82, 2.24) is 9.29 Å². The molecule has 2 heterocycles. The number of ether oxygens (including phenoxy) is 2. The Morgan fingerprint density at radius 2 is 1.88 bits per heavy atom. The van der Waals surface area contributed by atoms with E-state index >= 15 is 0 Å². The number of pyridine rings is 1. The fourth-order valence-electron chi connectivity index (χ4n) is 2.99. The molecular formula is C21H19F3N4O5S. The Balaban J connectivity index is 2.04. The van der Waals surface area contributed by atoms with Crippen molar-refractivity contribution in [2.24, 2.45) is 4.40 Å². The van der Waals surface area contributed by atoms with E-state index in [1.165, 1.54) is 44.6 Å². The summed E-state index contributed by atoms with van der Waals surface area (Å²) in [4.78, 5) is 16.3. The first kappa shape index (κ1) is 24.8. The topological polar surface area (TPSA) is 110 Å². The number of hydrogen-bond donors (Lipinski definition) is 1. The van der Waals surface area contributed by atoms with Crippen LogP contribution in [0.15, 0.2) is 65.2 Å². The van der Waals surface area contributed by atoms with Gasteiger partial charge in [-0.25, -0.2) is 9.29 Å². The number of allylic oxidation sites excluding steroid dienone is 1. The van der Waals surface area contributed by atoms with Gasteiger partial charge in [0.1, 0.15) is 17.2 Å². The van der Waals surface area contributed by atoms with Crippen LogP contribution in [0.4, 0.5) is 19.0 Å². The molecule has 0 bridgehead atoms.